The molecule has 9 aromatic rings. The van der Waals surface area contributed by atoms with Gasteiger partial charge in [0.25, 0.3) is 0 Å². The molecule has 0 amide bonds. The lowest BCUT2D eigenvalue weighted by Crippen LogP contribution is -2.15. The molecule has 252 valence electrons. The van der Waals surface area contributed by atoms with E-state index in [-0.39, 0.29) is 5.41 Å². The number of nitrogens with zero attached hydrogens (tertiary/aromatic N) is 2. The van der Waals surface area contributed by atoms with E-state index in [0.717, 1.165) is 45.7 Å². The van der Waals surface area contributed by atoms with Crippen molar-refractivity contribution in [2.45, 2.75) is 25.7 Å². The number of hydrogen-bond donors (Lipinski definition) is 0. The van der Waals surface area contributed by atoms with Gasteiger partial charge < -0.3 is 13.6 Å². The smallest absolute Gasteiger partial charge is 0.135 e. The second kappa shape index (κ2) is 11.0. The lowest BCUT2D eigenvalue weighted by Gasteiger charge is -2.23. The summed E-state index contributed by atoms with van der Waals surface area (Å²) in [6.45, 7) is 9.32. The first-order valence-corrected chi connectivity index (χ1v) is 18.5. The molecule has 2 aliphatic rings. The van der Waals surface area contributed by atoms with Gasteiger partial charge in [-0.3, -0.25) is 0 Å². The fraction of sp³-hybridized carbons (Fsp3) is 0.0800. The third-order valence-electron chi connectivity index (χ3n) is 11.6. The number of para-hydroxylation sites is 3. The van der Waals surface area contributed by atoms with E-state index in [1.165, 1.54) is 65.9 Å². The molecule has 6 aromatic carbocycles. The van der Waals surface area contributed by atoms with Gasteiger partial charge >= 0.3 is 0 Å². The summed E-state index contributed by atoms with van der Waals surface area (Å²) in [5.74, 6) is 0.843. The average Bonchev–Trinajstić information content (AvgIpc) is 3.90. The highest BCUT2D eigenvalue weighted by molar-refractivity contribution is 6.31. The van der Waals surface area contributed by atoms with Crippen LogP contribution in [0.2, 0.25) is 0 Å². The SMILES string of the molecule is C=C1/C=C\C=C/C/C=C\c2oc3ccc(-n4c5ccccc5c5c6c(c7c(c8ccccc8n7-c7ccccc7)c54)-c4ccccc4C6(C)C)cc3c21. The Hall–Kier alpha value is -6.58. The minimum atomic E-state index is -0.238. The average molecular weight is 681 g/mol. The molecule has 0 radical (unpaired) electrons. The summed E-state index contributed by atoms with van der Waals surface area (Å²) in [4.78, 5) is 0. The molecule has 3 heteroatoms. The van der Waals surface area contributed by atoms with E-state index in [4.69, 9.17) is 4.42 Å². The van der Waals surface area contributed by atoms with Crippen LogP contribution in [-0.4, -0.2) is 9.13 Å². The van der Waals surface area contributed by atoms with Crippen LogP contribution in [0.4, 0.5) is 0 Å². The van der Waals surface area contributed by atoms with Crippen molar-refractivity contribution in [3.05, 3.63) is 181 Å². The van der Waals surface area contributed by atoms with Crippen LogP contribution in [0.3, 0.4) is 0 Å². The first-order chi connectivity index (χ1) is 26.0. The number of allylic oxidation sites excluding steroid dienone is 6. The van der Waals surface area contributed by atoms with Gasteiger partial charge in [0.15, 0.2) is 0 Å². The maximum absolute atomic E-state index is 6.53. The molecule has 0 bridgehead atoms. The molecule has 3 heterocycles. The van der Waals surface area contributed by atoms with Gasteiger partial charge in [0.2, 0.25) is 0 Å². The second-order valence-electron chi connectivity index (χ2n) is 14.9. The maximum atomic E-state index is 6.53. The lowest BCUT2D eigenvalue weighted by molar-refractivity contribution is 0.603. The third-order valence-corrected chi connectivity index (χ3v) is 11.6. The molecule has 0 saturated carbocycles. The summed E-state index contributed by atoms with van der Waals surface area (Å²) in [7, 11) is 0. The van der Waals surface area contributed by atoms with Crippen LogP contribution in [0, 0.1) is 0 Å². The quantitative estimate of drug-likeness (QED) is 0.178. The van der Waals surface area contributed by atoms with Crippen LogP contribution in [0.5, 0.6) is 0 Å². The molecule has 0 fully saturated rings. The normalized spacial score (nSPS) is 16.7. The number of furan rings is 1. The largest absolute Gasteiger partial charge is 0.456 e. The van der Waals surface area contributed by atoms with E-state index in [1.54, 1.807) is 0 Å². The predicted molar refractivity (Wildman–Crippen MR) is 223 cm³/mol. The number of benzene rings is 6. The molecule has 53 heavy (non-hydrogen) atoms. The van der Waals surface area contributed by atoms with Crippen molar-refractivity contribution in [1.82, 2.24) is 9.13 Å². The number of aromatic nitrogens is 2. The Bertz CT molecular complexity index is 3120. The summed E-state index contributed by atoms with van der Waals surface area (Å²) in [6.07, 6.45) is 13.5. The van der Waals surface area contributed by atoms with Gasteiger partial charge in [-0.05, 0) is 77.2 Å². The van der Waals surface area contributed by atoms with Gasteiger partial charge in [-0.15, -0.1) is 0 Å². The van der Waals surface area contributed by atoms with E-state index in [9.17, 15) is 0 Å². The monoisotopic (exact) mass is 680 g/mol. The molecule has 0 spiro atoms. The number of rotatable bonds is 2. The zero-order chi connectivity index (χ0) is 35.4. The van der Waals surface area contributed by atoms with Crippen molar-refractivity contribution in [2.24, 2.45) is 0 Å². The predicted octanol–water partition coefficient (Wildman–Crippen LogP) is 13.5. The maximum Gasteiger partial charge on any atom is 0.135 e. The van der Waals surface area contributed by atoms with Gasteiger partial charge in [-0.1, -0.05) is 130 Å². The zero-order valence-corrected chi connectivity index (χ0v) is 29.7. The molecule has 0 saturated heterocycles. The number of fused-ring (bicyclic) bond motifs is 15. The van der Waals surface area contributed by atoms with Gasteiger partial charge in [0.1, 0.15) is 11.3 Å². The molecular weight excluding hydrogens is 645 g/mol. The van der Waals surface area contributed by atoms with Crippen LogP contribution in [0.25, 0.3) is 88.7 Å². The zero-order valence-electron chi connectivity index (χ0n) is 29.7. The minimum absolute atomic E-state index is 0.238. The molecule has 11 rings (SSSR count). The second-order valence-corrected chi connectivity index (χ2v) is 14.9. The van der Waals surface area contributed by atoms with Gasteiger partial charge in [0, 0.05) is 54.8 Å². The van der Waals surface area contributed by atoms with E-state index in [0.29, 0.717) is 0 Å². The molecule has 3 nitrogen and oxygen atoms in total. The van der Waals surface area contributed by atoms with Crippen molar-refractivity contribution < 1.29 is 4.42 Å². The van der Waals surface area contributed by atoms with Crippen LogP contribution < -0.4 is 0 Å². The van der Waals surface area contributed by atoms with Crippen LogP contribution in [0.1, 0.15) is 42.7 Å². The standard InChI is InChI=1S/C50H36N2O/c1-31-18-8-5-4-6-11-27-42-43(31)37-30-33(28-29-41(37)53-42)52-39-25-16-13-22-35(39)45-47-44(34-21-12-15-24-38(34)50(47,2)3)48-46(49(45)52)36-23-14-17-26-40(36)51(48)32-19-9-7-10-20-32/h4-5,7-30H,1,6H2,2-3H3/b5-4-,18-8-,27-11-. The molecule has 0 atom stereocenters. The Morgan fingerprint density at radius 1 is 0.604 bits per heavy atom. The van der Waals surface area contributed by atoms with Crippen LogP contribution >= 0.6 is 0 Å². The van der Waals surface area contributed by atoms with Gasteiger partial charge in [0.05, 0.1) is 22.1 Å². The highest BCUT2D eigenvalue weighted by atomic mass is 16.3. The summed E-state index contributed by atoms with van der Waals surface area (Å²) in [5, 5.41) is 6.14. The highest BCUT2D eigenvalue weighted by Gasteiger charge is 2.41. The minimum Gasteiger partial charge on any atom is -0.456 e. The van der Waals surface area contributed by atoms with Crippen molar-refractivity contribution in [2.75, 3.05) is 0 Å². The molecule has 0 aliphatic heterocycles. The molecule has 0 N–H and O–H groups in total. The Balaban J connectivity index is 1.37. The van der Waals surface area contributed by atoms with Crippen LogP contribution in [-0.2, 0) is 5.41 Å². The highest BCUT2D eigenvalue weighted by Crippen LogP contribution is 2.58. The third kappa shape index (κ3) is 4.05. The summed E-state index contributed by atoms with van der Waals surface area (Å²) >= 11 is 0. The molecule has 3 aromatic heterocycles. The van der Waals surface area contributed by atoms with Crippen molar-refractivity contribution in [1.29, 1.82) is 0 Å². The Morgan fingerprint density at radius 2 is 1.30 bits per heavy atom. The fourth-order valence-electron chi connectivity index (χ4n) is 9.43. The van der Waals surface area contributed by atoms with Crippen molar-refractivity contribution in [3.8, 4) is 22.5 Å². The van der Waals surface area contributed by atoms with Crippen molar-refractivity contribution in [3.63, 3.8) is 0 Å². The summed E-state index contributed by atoms with van der Waals surface area (Å²) < 4.78 is 11.6. The Labute approximate surface area is 307 Å². The van der Waals surface area contributed by atoms with E-state index >= 15 is 0 Å². The lowest BCUT2D eigenvalue weighted by atomic mass is 9.80. The number of hydrogen-bond acceptors (Lipinski definition) is 1. The van der Waals surface area contributed by atoms with E-state index in [1.807, 2.05) is 0 Å². The van der Waals surface area contributed by atoms with Crippen molar-refractivity contribution >= 4 is 66.2 Å². The molecular formula is C50H36N2O. The van der Waals surface area contributed by atoms with Gasteiger partial charge in [-0.25, -0.2) is 0 Å². The fourth-order valence-corrected chi connectivity index (χ4v) is 9.43. The van der Waals surface area contributed by atoms with Crippen LogP contribution in [0.15, 0.2) is 163 Å². The summed E-state index contributed by atoms with van der Waals surface area (Å²) in [6, 6.07) is 44.5. The summed E-state index contributed by atoms with van der Waals surface area (Å²) in [5.41, 5.74) is 15.1. The van der Waals surface area contributed by atoms with E-state index < -0.39 is 0 Å². The molecule has 0 unspecified atom stereocenters. The van der Waals surface area contributed by atoms with Gasteiger partial charge in [-0.2, -0.15) is 0 Å². The van der Waals surface area contributed by atoms with E-state index in [2.05, 4.69) is 187 Å². The topological polar surface area (TPSA) is 23.0 Å². The Morgan fingerprint density at radius 3 is 2.11 bits per heavy atom. The Kier molecular flexibility index (Phi) is 6.22. The molecule has 2 aliphatic carbocycles. The first-order valence-electron chi connectivity index (χ1n) is 18.5. The first kappa shape index (κ1) is 30.1.